The number of aliphatic hydroxyl groups is 1. The van der Waals surface area contributed by atoms with E-state index < -0.39 is 6.23 Å². The highest BCUT2D eigenvalue weighted by molar-refractivity contribution is 5.53. The molecule has 0 aromatic rings. The summed E-state index contributed by atoms with van der Waals surface area (Å²) in [5.41, 5.74) is 1.97. The van der Waals surface area contributed by atoms with E-state index in [1.807, 2.05) is 5.43 Å². The van der Waals surface area contributed by atoms with Gasteiger partial charge in [-0.05, 0) is 6.92 Å². The van der Waals surface area contributed by atoms with Crippen LogP contribution in [0.5, 0.6) is 0 Å². The van der Waals surface area contributed by atoms with Gasteiger partial charge in [-0.25, -0.2) is 5.01 Å². The summed E-state index contributed by atoms with van der Waals surface area (Å²) in [6.07, 6.45) is -0.368. The lowest BCUT2D eigenvalue weighted by atomic mass is 10.6. The number of carbonyl (C=O) groups is 2. The first-order chi connectivity index (χ1) is 4.22. The summed E-state index contributed by atoms with van der Waals surface area (Å²) < 4.78 is 0. The number of aliphatic hydroxyl groups excluding tert-OH is 1. The monoisotopic (exact) mass is 132 g/mol. The van der Waals surface area contributed by atoms with Crippen LogP contribution in [-0.4, -0.2) is 29.2 Å². The third kappa shape index (κ3) is 2.65. The summed E-state index contributed by atoms with van der Waals surface area (Å²) in [5.74, 6) is 0. The number of rotatable bonds is 4. The Balaban J connectivity index is 3.66. The molecule has 0 aromatic heterocycles. The average molecular weight is 132 g/mol. The van der Waals surface area contributed by atoms with Crippen LogP contribution in [0.4, 0.5) is 0 Å². The Morgan fingerprint density at radius 2 is 2.22 bits per heavy atom. The zero-order valence-corrected chi connectivity index (χ0v) is 4.94. The van der Waals surface area contributed by atoms with Crippen LogP contribution in [0.1, 0.15) is 6.92 Å². The smallest absolute Gasteiger partial charge is 0.230 e. The molecular formula is C4H8N2O3. The number of hydrogen-bond acceptors (Lipinski definition) is 3. The van der Waals surface area contributed by atoms with Gasteiger partial charge in [0.15, 0.2) is 0 Å². The first kappa shape index (κ1) is 7.90. The van der Waals surface area contributed by atoms with Crippen molar-refractivity contribution < 1.29 is 14.7 Å². The van der Waals surface area contributed by atoms with E-state index in [0.717, 1.165) is 5.01 Å². The largest absolute Gasteiger partial charge is 0.372 e. The zero-order valence-electron chi connectivity index (χ0n) is 4.94. The Kier molecular flexibility index (Phi) is 3.38. The van der Waals surface area contributed by atoms with Gasteiger partial charge in [0.1, 0.15) is 6.23 Å². The van der Waals surface area contributed by atoms with Crippen molar-refractivity contribution in [2.75, 3.05) is 0 Å². The molecular weight excluding hydrogens is 124 g/mol. The van der Waals surface area contributed by atoms with Crippen LogP contribution in [0.25, 0.3) is 0 Å². The van der Waals surface area contributed by atoms with Crippen molar-refractivity contribution in [2.24, 2.45) is 0 Å². The standard InChI is InChI=1S/C4H8N2O3/c1-4(9)6(3-8)5-2-7/h2-4,9H,1H3,(H,5,7). The molecule has 0 spiro atoms. The van der Waals surface area contributed by atoms with Gasteiger partial charge in [-0.15, -0.1) is 0 Å². The lowest BCUT2D eigenvalue weighted by molar-refractivity contribution is -0.137. The summed E-state index contributed by atoms with van der Waals surface area (Å²) in [6.45, 7) is 1.35. The van der Waals surface area contributed by atoms with Crippen LogP contribution < -0.4 is 5.43 Å². The fraction of sp³-hybridized carbons (Fsp3) is 0.500. The predicted molar refractivity (Wildman–Crippen MR) is 28.8 cm³/mol. The molecule has 52 valence electrons. The molecule has 0 saturated heterocycles. The van der Waals surface area contributed by atoms with Crippen molar-refractivity contribution in [3.8, 4) is 0 Å². The fourth-order valence-electron chi connectivity index (χ4n) is 0.287. The number of carbonyl (C=O) groups excluding carboxylic acids is 2. The van der Waals surface area contributed by atoms with E-state index in [-0.39, 0.29) is 0 Å². The minimum atomic E-state index is -0.993. The number of nitrogens with one attached hydrogen (secondary N) is 1. The molecule has 1 atom stereocenters. The molecule has 9 heavy (non-hydrogen) atoms. The van der Waals surface area contributed by atoms with Gasteiger partial charge in [-0.2, -0.15) is 0 Å². The molecule has 2 N–H and O–H groups in total. The van der Waals surface area contributed by atoms with E-state index in [1.165, 1.54) is 6.92 Å². The SMILES string of the molecule is CC(O)N(C=O)NC=O. The van der Waals surface area contributed by atoms with Crippen LogP contribution in [0.2, 0.25) is 0 Å². The van der Waals surface area contributed by atoms with Crippen molar-refractivity contribution in [1.82, 2.24) is 10.4 Å². The summed E-state index contributed by atoms with van der Waals surface area (Å²) in [6, 6.07) is 0. The quantitative estimate of drug-likeness (QED) is 0.276. The van der Waals surface area contributed by atoms with Gasteiger partial charge in [-0.1, -0.05) is 0 Å². The molecule has 0 heterocycles. The normalized spacial score (nSPS) is 11.8. The number of hydrogen-bond donors (Lipinski definition) is 2. The molecule has 0 fully saturated rings. The summed E-state index contributed by atoms with van der Waals surface area (Å²) in [5, 5.41) is 9.35. The second kappa shape index (κ2) is 3.85. The minimum absolute atomic E-state index is 0.307. The van der Waals surface area contributed by atoms with Crippen LogP contribution in [0, 0.1) is 0 Å². The molecule has 1 unspecified atom stereocenters. The van der Waals surface area contributed by atoms with Gasteiger partial charge in [0, 0.05) is 0 Å². The van der Waals surface area contributed by atoms with Crippen molar-refractivity contribution in [2.45, 2.75) is 13.2 Å². The highest BCUT2D eigenvalue weighted by atomic mass is 16.3. The van der Waals surface area contributed by atoms with Crippen molar-refractivity contribution >= 4 is 12.8 Å². The van der Waals surface area contributed by atoms with Crippen LogP contribution in [0.15, 0.2) is 0 Å². The molecule has 5 nitrogen and oxygen atoms in total. The van der Waals surface area contributed by atoms with E-state index in [4.69, 9.17) is 5.11 Å². The van der Waals surface area contributed by atoms with Crippen molar-refractivity contribution in [3.05, 3.63) is 0 Å². The summed E-state index contributed by atoms with van der Waals surface area (Å²) in [4.78, 5) is 19.5. The van der Waals surface area contributed by atoms with E-state index in [9.17, 15) is 9.59 Å². The third-order valence-electron chi connectivity index (χ3n) is 0.718. The van der Waals surface area contributed by atoms with E-state index in [1.54, 1.807) is 0 Å². The maximum atomic E-state index is 9.88. The average Bonchev–Trinajstić information content (AvgIpc) is 1.82. The van der Waals surface area contributed by atoms with Gasteiger partial charge in [0.25, 0.3) is 0 Å². The lowest BCUT2D eigenvalue weighted by Gasteiger charge is -2.17. The highest BCUT2D eigenvalue weighted by Gasteiger charge is 2.03. The molecule has 0 rings (SSSR count). The van der Waals surface area contributed by atoms with Crippen LogP contribution >= 0.6 is 0 Å². The van der Waals surface area contributed by atoms with Crippen LogP contribution in [-0.2, 0) is 9.59 Å². The van der Waals surface area contributed by atoms with Gasteiger partial charge in [-0.3, -0.25) is 15.0 Å². The Hall–Kier alpha value is -1.10. The van der Waals surface area contributed by atoms with Gasteiger partial charge in [0.05, 0.1) is 0 Å². The molecule has 2 amide bonds. The summed E-state index contributed by atoms with van der Waals surface area (Å²) in [7, 11) is 0. The highest BCUT2D eigenvalue weighted by Crippen LogP contribution is 1.81. The molecule has 0 aliphatic rings. The minimum Gasteiger partial charge on any atom is -0.372 e. The van der Waals surface area contributed by atoms with Gasteiger partial charge in [0.2, 0.25) is 12.8 Å². The van der Waals surface area contributed by atoms with E-state index >= 15 is 0 Å². The number of nitrogens with zero attached hydrogens (tertiary/aromatic N) is 1. The van der Waals surface area contributed by atoms with Crippen molar-refractivity contribution in [3.63, 3.8) is 0 Å². The predicted octanol–water partition coefficient (Wildman–Crippen LogP) is -1.56. The number of amides is 2. The second-order valence-corrected chi connectivity index (χ2v) is 1.39. The maximum Gasteiger partial charge on any atom is 0.230 e. The maximum absolute atomic E-state index is 9.88. The molecule has 0 radical (unpaired) electrons. The van der Waals surface area contributed by atoms with Crippen LogP contribution in [0.3, 0.4) is 0 Å². The Morgan fingerprint density at radius 3 is 2.33 bits per heavy atom. The fourth-order valence-corrected chi connectivity index (χ4v) is 0.287. The molecule has 0 aromatic carbocycles. The summed E-state index contributed by atoms with van der Waals surface area (Å²) >= 11 is 0. The topological polar surface area (TPSA) is 69.6 Å². The third-order valence-corrected chi connectivity index (χ3v) is 0.718. The lowest BCUT2D eigenvalue weighted by Crippen LogP contribution is -2.42. The second-order valence-electron chi connectivity index (χ2n) is 1.39. The Bertz CT molecular complexity index is 104. The number of hydrazine groups is 1. The molecule has 0 aliphatic carbocycles. The molecule has 0 aliphatic heterocycles. The molecule has 0 saturated carbocycles. The Morgan fingerprint density at radius 1 is 1.67 bits per heavy atom. The van der Waals surface area contributed by atoms with E-state index in [2.05, 4.69) is 0 Å². The first-order valence-electron chi connectivity index (χ1n) is 2.34. The van der Waals surface area contributed by atoms with E-state index in [0.29, 0.717) is 12.8 Å². The molecule has 5 heteroatoms. The zero-order chi connectivity index (χ0) is 7.28. The van der Waals surface area contributed by atoms with Gasteiger partial charge < -0.3 is 5.11 Å². The van der Waals surface area contributed by atoms with Gasteiger partial charge >= 0.3 is 0 Å². The van der Waals surface area contributed by atoms with Crippen molar-refractivity contribution in [1.29, 1.82) is 0 Å². The Labute approximate surface area is 52.2 Å². The first-order valence-corrected chi connectivity index (χ1v) is 2.34. The molecule has 0 bridgehead atoms.